The molecule has 0 unspecified atom stereocenters. The summed E-state index contributed by atoms with van der Waals surface area (Å²) in [6.45, 7) is 7.81. The topological polar surface area (TPSA) is 32.3 Å². The molecule has 3 nitrogen and oxygen atoms in total. The average Bonchev–Trinajstić information content (AvgIpc) is 2.41. The Labute approximate surface area is 122 Å². The van der Waals surface area contributed by atoms with Crippen LogP contribution in [0.5, 0.6) is 0 Å². The van der Waals surface area contributed by atoms with Gasteiger partial charge in [0.05, 0.1) is 5.56 Å². The minimum atomic E-state index is -0.406. The van der Waals surface area contributed by atoms with Gasteiger partial charge in [0.25, 0.3) is 5.91 Å². The van der Waals surface area contributed by atoms with E-state index in [1.807, 2.05) is 0 Å². The monoisotopic (exact) mass is 330 g/mol. The van der Waals surface area contributed by atoms with Crippen molar-refractivity contribution in [3.63, 3.8) is 0 Å². The maximum absolute atomic E-state index is 13.1. The van der Waals surface area contributed by atoms with E-state index < -0.39 is 5.82 Å². The number of nitrogens with one attached hydrogen (secondary N) is 1. The molecule has 0 fully saturated rings. The molecule has 0 heterocycles. The summed E-state index contributed by atoms with van der Waals surface area (Å²) in [6.07, 6.45) is 0.889. The number of amides is 1. The summed E-state index contributed by atoms with van der Waals surface area (Å²) in [6, 6.07) is 4.10. The number of carbonyl (C=O) groups excluding carboxylic acids is 1. The van der Waals surface area contributed by atoms with Crippen molar-refractivity contribution in [3.05, 3.63) is 34.1 Å². The molecule has 0 aliphatic rings. The Kier molecular flexibility index (Phi) is 7.02. The van der Waals surface area contributed by atoms with Gasteiger partial charge in [-0.15, -0.1) is 0 Å². The molecule has 1 amide bonds. The molecule has 106 valence electrons. The Morgan fingerprint density at radius 1 is 1.37 bits per heavy atom. The van der Waals surface area contributed by atoms with E-state index in [1.54, 1.807) is 6.07 Å². The van der Waals surface area contributed by atoms with Crippen LogP contribution in [0.4, 0.5) is 4.39 Å². The number of benzene rings is 1. The fourth-order valence-corrected chi connectivity index (χ4v) is 2.24. The van der Waals surface area contributed by atoms with Gasteiger partial charge in [0, 0.05) is 11.0 Å². The Balaban J connectivity index is 2.41. The van der Waals surface area contributed by atoms with Crippen molar-refractivity contribution >= 4 is 21.8 Å². The zero-order chi connectivity index (χ0) is 14.3. The molecule has 0 spiro atoms. The Morgan fingerprint density at radius 3 is 2.68 bits per heavy atom. The van der Waals surface area contributed by atoms with Crippen molar-refractivity contribution < 1.29 is 9.18 Å². The molecule has 1 aromatic carbocycles. The van der Waals surface area contributed by atoms with Crippen molar-refractivity contribution in [3.8, 4) is 0 Å². The number of hydrogen-bond donors (Lipinski definition) is 1. The van der Waals surface area contributed by atoms with Gasteiger partial charge in [-0.2, -0.15) is 0 Å². The SMILES string of the molecule is CCN(CC)CCCNC(=O)c1cc(F)ccc1Br. The highest BCUT2D eigenvalue weighted by Crippen LogP contribution is 2.17. The van der Waals surface area contributed by atoms with E-state index in [0.717, 1.165) is 26.1 Å². The summed E-state index contributed by atoms with van der Waals surface area (Å²) in [4.78, 5) is 14.2. The fraction of sp³-hybridized carbons (Fsp3) is 0.500. The molecule has 0 atom stereocenters. The molecule has 0 aromatic heterocycles. The van der Waals surface area contributed by atoms with Crippen molar-refractivity contribution in [1.29, 1.82) is 0 Å². The first-order valence-electron chi connectivity index (χ1n) is 6.54. The maximum Gasteiger partial charge on any atom is 0.252 e. The summed E-state index contributed by atoms with van der Waals surface area (Å²) < 4.78 is 13.7. The largest absolute Gasteiger partial charge is 0.352 e. The van der Waals surface area contributed by atoms with Crippen LogP contribution in [0.1, 0.15) is 30.6 Å². The van der Waals surface area contributed by atoms with Gasteiger partial charge < -0.3 is 10.2 Å². The van der Waals surface area contributed by atoms with Crippen LogP contribution in [0.3, 0.4) is 0 Å². The second-order valence-electron chi connectivity index (χ2n) is 4.26. The molecule has 0 aliphatic carbocycles. The normalized spacial score (nSPS) is 10.8. The predicted molar refractivity (Wildman–Crippen MR) is 78.8 cm³/mol. The number of rotatable bonds is 7. The molecule has 5 heteroatoms. The minimum absolute atomic E-state index is 0.245. The van der Waals surface area contributed by atoms with Crippen LogP contribution in [0, 0.1) is 5.82 Å². The lowest BCUT2D eigenvalue weighted by atomic mass is 10.2. The van der Waals surface area contributed by atoms with Gasteiger partial charge in [-0.1, -0.05) is 13.8 Å². The zero-order valence-electron chi connectivity index (χ0n) is 11.4. The number of hydrogen-bond acceptors (Lipinski definition) is 2. The fourth-order valence-electron chi connectivity index (χ4n) is 1.81. The van der Waals surface area contributed by atoms with Gasteiger partial charge in [0.1, 0.15) is 5.82 Å². The second-order valence-corrected chi connectivity index (χ2v) is 5.11. The molecule has 0 bridgehead atoms. The molecular weight excluding hydrogens is 311 g/mol. The van der Waals surface area contributed by atoms with Crippen molar-refractivity contribution in [2.45, 2.75) is 20.3 Å². The molecular formula is C14H20BrFN2O. The summed E-state index contributed by atoms with van der Waals surface area (Å²) >= 11 is 3.25. The van der Waals surface area contributed by atoms with Crippen LogP contribution in [0.25, 0.3) is 0 Å². The number of nitrogens with zero attached hydrogens (tertiary/aromatic N) is 1. The Morgan fingerprint density at radius 2 is 2.05 bits per heavy atom. The van der Waals surface area contributed by atoms with Gasteiger partial charge in [-0.05, 0) is 60.2 Å². The third kappa shape index (κ3) is 5.28. The van der Waals surface area contributed by atoms with Crippen molar-refractivity contribution in [2.24, 2.45) is 0 Å². The van der Waals surface area contributed by atoms with Gasteiger partial charge in [-0.3, -0.25) is 4.79 Å². The molecule has 1 rings (SSSR count). The summed E-state index contributed by atoms with van der Waals surface area (Å²) in [5.41, 5.74) is 0.336. The van der Waals surface area contributed by atoms with E-state index in [9.17, 15) is 9.18 Å². The van der Waals surface area contributed by atoms with E-state index in [-0.39, 0.29) is 5.91 Å². The zero-order valence-corrected chi connectivity index (χ0v) is 13.0. The molecule has 0 saturated heterocycles. The molecule has 0 radical (unpaired) electrons. The Bertz CT molecular complexity index is 422. The van der Waals surface area contributed by atoms with Crippen LogP contribution in [0.2, 0.25) is 0 Å². The predicted octanol–water partition coefficient (Wildman–Crippen LogP) is 3.05. The van der Waals surface area contributed by atoms with Crippen molar-refractivity contribution in [2.75, 3.05) is 26.2 Å². The minimum Gasteiger partial charge on any atom is -0.352 e. The summed E-state index contributed by atoms with van der Waals surface area (Å²) in [5, 5.41) is 2.81. The van der Waals surface area contributed by atoms with Crippen LogP contribution >= 0.6 is 15.9 Å². The number of halogens is 2. The van der Waals surface area contributed by atoms with Gasteiger partial charge in [0.15, 0.2) is 0 Å². The standard InChI is InChI=1S/C14H20BrFN2O/c1-3-18(4-2)9-5-8-17-14(19)12-10-11(16)6-7-13(12)15/h6-7,10H,3-5,8-9H2,1-2H3,(H,17,19). The lowest BCUT2D eigenvalue weighted by molar-refractivity contribution is 0.0950. The second kappa shape index (κ2) is 8.27. The first kappa shape index (κ1) is 16.1. The third-order valence-electron chi connectivity index (χ3n) is 3.00. The van der Waals surface area contributed by atoms with Crippen LogP contribution in [-0.4, -0.2) is 37.0 Å². The van der Waals surface area contributed by atoms with Gasteiger partial charge in [-0.25, -0.2) is 4.39 Å². The highest BCUT2D eigenvalue weighted by Gasteiger charge is 2.10. The van der Waals surface area contributed by atoms with Gasteiger partial charge in [0.2, 0.25) is 0 Å². The molecule has 1 N–H and O–H groups in total. The maximum atomic E-state index is 13.1. The molecule has 1 aromatic rings. The molecule has 0 saturated carbocycles. The first-order chi connectivity index (χ1) is 9.08. The number of carbonyl (C=O) groups is 1. The van der Waals surface area contributed by atoms with Crippen LogP contribution < -0.4 is 5.32 Å². The highest BCUT2D eigenvalue weighted by molar-refractivity contribution is 9.10. The van der Waals surface area contributed by atoms with E-state index in [1.165, 1.54) is 12.1 Å². The Hall–Kier alpha value is -0.940. The first-order valence-corrected chi connectivity index (χ1v) is 7.33. The summed E-state index contributed by atoms with van der Waals surface area (Å²) in [5.74, 6) is -0.651. The summed E-state index contributed by atoms with van der Waals surface area (Å²) in [7, 11) is 0. The average molecular weight is 331 g/mol. The van der Waals surface area contributed by atoms with Crippen LogP contribution in [-0.2, 0) is 0 Å². The van der Waals surface area contributed by atoms with E-state index in [0.29, 0.717) is 16.6 Å². The van der Waals surface area contributed by atoms with E-state index >= 15 is 0 Å². The van der Waals surface area contributed by atoms with E-state index in [4.69, 9.17) is 0 Å². The van der Waals surface area contributed by atoms with Crippen LogP contribution in [0.15, 0.2) is 22.7 Å². The molecule has 0 aliphatic heterocycles. The molecule has 19 heavy (non-hydrogen) atoms. The quantitative estimate of drug-likeness (QED) is 0.779. The third-order valence-corrected chi connectivity index (χ3v) is 3.70. The highest BCUT2D eigenvalue weighted by atomic mass is 79.9. The lowest BCUT2D eigenvalue weighted by Gasteiger charge is -2.17. The van der Waals surface area contributed by atoms with E-state index in [2.05, 4.69) is 40.0 Å². The van der Waals surface area contributed by atoms with Gasteiger partial charge >= 0.3 is 0 Å². The van der Waals surface area contributed by atoms with Crippen molar-refractivity contribution in [1.82, 2.24) is 10.2 Å². The smallest absolute Gasteiger partial charge is 0.252 e. The lowest BCUT2D eigenvalue weighted by Crippen LogP contribution is -2.30.